The van der Waals surface area contributed by atoms with Gasteiger partial charge >= 0.3 is 5.97 Å². The molecule has 0 saturated heterocycles. The average Bonchev–Trinajstić information content (AvgIpc) is 2.62. The summed E-state index contributed by atoms with van der Waals surface area (Å²) in [5.74, 6) is -1.08. The summed E-state index contributed by atoms with van der Waals surface area (Å²) in [7, 11) is 0. The van der Waals surface area contributed by atoms with E-state index in [2.05, 4.69) is 24.9 Å². The number of carbonyl (C=O) groups is 2. The number of hydrogen-bond acceptors (Lipinski definition) is 3. The number of nitrogens with one attached hydrogen (secondary N) is 1. The summed E-state index contributed by atoms with van der Waals surface area (Å²) in [4.78, 5) is 22.5. The van der Waals surface area contributed by atoms with Crippen LogP contribution in [0.25, 0.3) is 0 Å². The van der Waals surface area contributed by atoms with E-state index in [1.807, 2.05) is 0 Å². The third-order valence-corrected chi connectivity index (χ3v) is 5.19. The molecule has 2 N–H and O–H groups in total. The normalized spacial score (nSPS) is 12.1. The van der Waals surface area contributed by atoms with Crippen LogP contribution in [0, 0.1) is 0 Å². The maximum absolute atomic E-state index is 11.6. The summed E-state index contributed by atoms with van der Waals surface area (Å²) < 4.78 is 0. The van der Waals surface area contributed by atoms with E-state index in [4.69, 9.17) is 5.11 Å². The SMILES string of the molecule is CCCCCCCCCCCCCCCCCC(=O)NC(CS)C(=O)O. The number of carboxylic acids is 1. The Bertz CT molecular complexity index is 350. The lowest BCUT2D eigenvalue weighted by Crippen LogP contribution is -2.42. The zero-order valence-electron chi connectivity index (χ0n) is 16.8. The molecule has 0 radical (unpaired) electrons. The van der Waals surface area contributed by atoms with Crippen LogP contribution in [0.4, 0.5) is 0 Å². The van der Waals surface area contributed by atoms with Crippen LogP contribution in [0.2, 0.25) is 0 Å². The third kappa shape index (κ3) is 16.7. The lowest BCUT2D eigenvalue weighted by Gasteiger charge is -2.11. The van der Waals surface area contributed by atoms with E-state index in [1.54, 1.807) is 0 Å². The van der Waals surface area contributed by atoms with Gasteiger partial charge in [0.25, 0.3) is 0 Å². The molecule has 0 aliphatic heterocycles. The molecule has 1 unspecified atom stereocenters. The zero-order valence-corrected chi connectivity index (χ0v) is 17.7. The van der Waals surface area contributed by atoms with Crippen molar-refractivity contribution in [2.45, 2.75) is 116 Å². The predicted octanol–water partition coefficient (Wildman–Crippen LogP) is 5.75. The van der Waals surface area contributed by atoms with Crippen molar-refractivity contribution < 1.29 is 14.7 Å². The Morgan fingerprint density at radius 3 is 1.50 bits per heavy atom. The number of aliphatic carboxylic acids is 1. The molecule has 1 amide bonds. The zero-order chi connectivity index (χ0) is 19.5. The van der Waals surface area contributed by atoms with Gasteiger partial charge in [-0.25, -0.2) is 4.79 Å². The van der Waals surface area contributed by atoms with Crippen molar-refractivity contribution in [1.29, 1.82) is 0 Å². The Morgan fingerprint density at radius 2 is 1.15 bits per heavy atom. The third-order valence-electron chi connectivity index (χ3n) is 4.82. The van der Waals surface area contributed by atoms with Crippen LogP contribution in [0.15, 0.2) is 0 Å². The predicted molar refractivity (Wildman–Crippen MR) is 113 cm³/mol. The second-order valence-electron chi connectivity index (χ2n) is 7.34. The highest BCUT2D eigenvalue weighted by atomic mass is 32.1. The van der Waals surface area contributed by atoms with Gasteiger partial charge in [0, 0.05) is 12.2 Å². The smallest absolute Gasteiger partial charge is 0.327 e. The monoisotopic (exact) mass is 387 g/mol. The molecule has 4 nitrogen and oxygen atoms in total. The van der Waals surface area contributed by atoms with E-state index in [9.17, 15) is 9.59 Å². The summed E-state index contributed by atoms with van der Waals surface area (Å²) in [5.41, 5.74) is 0. The Hall–Kier alpha value is -0.710. The fraction of sp³-hybridized carbons (Fsp3) is 0.905. The fourth-order valence-electron chi connectivity index (χ4n) is 3.11. The van der Waals surface area contributed by atoms with Crippen molar-refractivity contribution in [2.24, 2.45) is 0 Å². The molecule has 0 spiro atoms. The molecule has 0 fully saturated rings. The Labute approximate surface area is 166 Å². The van der Waals surface area contributed by atoms with E-state index >= 15 is 0 Å². The van der Waals surface area contributed by atoms with Crippen molar-refractivity contribution in [3.8, 4) is 0 Å². The Morgan fingerprint density at radius 1 is 0.769 bits per heavy atom. The molecule has 26 heavy (non-hydrogen) atoms. The van der Waals surface area contributed by atoms with E-state index in [-0.39, 0.29) is 11.7 Å². The molecular weight excluding hydrogens is 346 g/mol. The van der Waals surface area contributed by atoms with Gasteiger partial charge in [-0.15, -0.1) is 0 Å². The molecule has 0 saturated carbocycles. The molecule has 0 aromatic heterocycles. The fourth-order valence-corrected chi connectivity index (χ4v) is 3.36. The first-order valence-electron chi connectivity index (χ1n) is 10.7. The van der Waals surface area contributed by atoms with Crippen LogP contribution < -0.4 is 5.32 Å². The summed E-state index contributed by atoms with van der Waals surface area (Å²) in [6.45, 7) is 2.26. The first-order chi connectivity index (χ1) is 12.6. The van der Waals surface area contributed by atoms with Crippen LogP contribution in [-0.2, 0) is 9.59 Å². The average molecular weight is 388 g/mol. The van der Waals surface area contributed by atoms with Gasteiger partial charge in [-0.05, 0) is 6.42 Å². The van der Waals surface area contributed by atoms with E-state index in [0.717, 1.165) is 12.8 Å². The maximum Gasteiger partial charge on any atom is 0.327 e. The minimum Gasteiger partial charge on any atom is -0.480 e. The van der Waals surface area contributed by atoms with Gasteiger partial charge in [-0.1, -0.05) is 96.8 Å². The minimum atomic E-state index is -1.02. The lowest BCUT2D eigenvalue weighted by atomic mass is 10.0. The first-order valence-corrected chi connectivity index (χ1v) is 11.4. The molecule has 0 rings (SSSR count). The molecule has 0 aromatic rings. The molecule has 0 heterocycles. The van der Waals surface area contributed by atoms with Crippen LogP contribution in [0.1, 0.15) is 110 Å². The van der Waals surface area contributed by atoms with Gasteiger partial charge < -0.3 is 10.4 Å². The molecular formula is C21H41NO3S. The largest absolute Gasteiger partial charge is 0.480 e. The lowest BCUT2D eigenvalue weighted by molar-refractivity contribution is -0.141. The Kier molecular flexibility index (Phi) is 18.5. The highest BCUT2D eigenvalue weighted by Crippen LogP contribution is 2.13. The number of hydrogen-bond donors (Lipinski definition) is 3. The number of rotatable bonds is 19. The molecule has 0 aromatic carbocycles. The van der Waals surface area contributed by atoms with Crippen molar-refractivity contribution in [1.82, 2.24) is 5.32 Å². The van der Waals surface area contributed by atoms with E-state index in [0.29, 0.717) is 6.42 Å². The van der Waals surface area contributed by atoms with E-state index in [1.165, 1.54) is 83.5 Å². The van der Waals surface area contributed by atoms with Crippen LogP contribution in [-0.4, -0.2) is 28.8 Å². The molecule has 0 aliphatic rings. The van der Waals surface area contributed by atoms with Gasteiger partial charge in [0.15, 0.2) is 0 Å². The van der Waals surface area contributed by atoms with Crippen LogP contribution in [0.3, 0.4) is 0 Å². The second kappa shape index (κ2) is 19.1. The second-order valence-corrected chi connectivity index (χ2v) is 7.71. The van der Waals surface area contributed by atoms with Crippen molar-refractivity contribution in [2.75, 3.05) is 5.75 Å². The van der Waals surface area contributed by atoms with Crippen LogP contribution >= 0.6 is 12.6 Å². The van der Waals surface area contributed by atoms with Crippen molar-refractivity contribution in [3.05, 3.63) is 0 Å². The van der Waals surface area contributed by atoms with Crippen molar-refractivity contribution >= 4 is 24.5 Å². The first kappa shape index (κ1) is 25.3. The van der Waals surface area contributed by atoms with Gasteiger partial charge in [0.05, 0.1) is 0 Å². The highest BCUT2D eigenvalue weighted by molar-refractivity contribution is 7.80. The summed E-state index contributed by atoms with van der Waals surface area (Å²) >= 11 is 3.93. The number of unbranched alkanes of at least 4 members (excludes halogenated alkanes) is 14. The summed E-state index contributed by atoms with van der Waals surface area (Å²) in [5, 5.41) is 11.4. The van der Waals surface area contributed by atoms with Gasteiger partial charge in [-0.2, -0.15) is 12.6 Å². The van der Waals surface area contributed by atoms with E-state index < -0.39 is 12.0 Å². The summed E-state index contributed by atoms with van der Waals surface area (Å²) in [6, 6.07) is -0.873. The summed E-state index contributed by atoms with van der Waals surface area (Å²) in [6.07, 6.45) is 19.8. The standard InChI is InChI=1S/C21H41NO3S/c1-2-3-4-5-6-7-8-9-10-11-12-13-14-15-16-17-20(23)22-19(18-26)21(24)25/h19,26H,2-18H2,1H3,(H,22,23)(H,24,25). The molecule has 0 bridgehead atoms. The quantitative estimate of drug-likeness (QED) is 0.195. The Balaban J connectivity index is 3.26. The topological polar surface area (TPSA) is 66.4 Å². The molecule has 154 valence electrons. The minimum absolute atomic E-state index is 0.125. The van der Waals surface area contributed by atoms with Gasteiger partial charge in [0.1, 0.15) is 6.04 Å². The van der Waals surface area contributed by atoms with Crippen molar-refractivity contribution in [3.63, 3.8) is 0 Å². The molecule has 5 heteroatoms. The number of carboxylic acid groups (broad SMARTS) is 1. The number of carbonyl (C=O) groups excluding carboxylic acids is 1. The van der Waals surface area contributed by atoms with Crippen LogP contribution in [0.5, 0.6) is 0 Å². The highest BCUT2D eigenvalue weighted by Gasteiger charge is 2.17. The van der Waals surface area contributed by atoms with Gasteiger partial charge in [-0.3, -0.25) is 4.79 Å². The molecule has 1 atom stereocenters. The molecule has 0 aliphatic carbocycles. The van der Waals surface area contributed by atoms with Gasteiger partial charge in [0.2, 0.25) is 5.91 Å². The number of amides is 1. The number of thiol groups is 1. The maximum atomic E-state index is 11.6.